The Kier molecular flexibility index (Phi) is 8.28. The van der Waals surface area contributed by atoms with Crippen molar-refractivity contribution in [2.45, 2.75) is 39.7 Å². The maximum atomic E-state index is 15.1. The van der Waals surface area contributed by atoms with E-state index in [1.807, 2.05) is 36.5 Å². The van der Waals surface area contributed by atoms with Gasteiger partial charge in [-0.2, -0.15) is 0 Å². The van der Waals surface area contributed by atoms with Gasteiger partial charge in [-0.3, -0.25) is 19.5 Å². The number of nitrogens with one attached hydrogen (secondary N) is 1. The summed E-state index contributed by atoms with van der Waals surface area (Å²) in [6.45, 7) is 9.38. The van der Waals surface area contributed by atoms with Crippen LogP contribution in [-0.4, -0.2) is 67.1 Å². The van der Waals surface area contributed by atoms with Crippen LogP contribution in [0.4, 0.5) is 15.8 Å². The molecule has 0 bridgehead atoms. The quantitative estimate of drug-likeness (QED) is 0.488. The van der Waals surface area contributed by atoms with Gasteiger partial charge in [0, 0.05) is 86.4 Å². The van der Waals surface area contributed by atoms with Crippen molar-refractivity contribution in [3.63, 3.8) is 0 Å². The molecular weight excluding hydrogens is 519 g/mol. The van der Waals surface area contributed by atoms with Crippen LogP contribution in [-0.2, 0) is 4.84 Å². The van der Waals surface area contributed by atoms with Crippen LogP contribution in [0, 0.1) is 12.7 Å². The maximum Gasteiger partial charge on any atom is 0.253 e. The summed E-state index contributed by atoms with van der Waals surface area (Å²) >= 11 is 0. The van der Waals surface area contributed by atoms with E-state index in [1.165, 1.54) is 22.1 Å². The Morgan fingerprint density at radius 1 is 1.32 bits per heavy atom. The predicted octanol–water partition coefficient (Wildman–Crippen LogP) is 4.91. The van der Waals surface area contributed by atoms with Crippen LogP contribution in [0.15, 0.2) is 59.6 Å². The number of anilines is 2. The van der Waals surface area contributed by atoms with E-state index in [9.17, 15) is 4.79 Å². The lowest BCUT2D eigenvalue weighted by Crippen LogP contribution is -2.30. The highest BCUT2D eigenvalue weighted by Crippen LogP contribution is 2.33. The molecule has 216 valence electrons. The van der Waals surface area contributed by atoms with Crippen LogP contribution >= 0.6 is 0 Å². The Bertz CT molecular complexity index is 1450. The van der Waals surface area contributed by atoms with Crippen molar-refractivity contribution in [3.8, 4) is 0 Å². The molecule has 3 N–H and O–H groups in total. The zero-order chi connectivity index (χ0) is 29.3. The van der Waals surface area contributed by atoms with Gasteiger partial charge in [0.25, 0.3) is 5.91 Å². The number of amides is 1. The predicted molar refractivity (Wildman–Crippen MR) is 162 cm³/mol. The van der Waals surface area contributed by atoms with Gasteiger partial charge in [0.2, 0.25) is 0 Å². The molecule has 1 aromatic heterocycles. The molecule has 5 rings (SSSR count). The number of hydroxylamine groups is 1. The number of benzene rings is 1. The third-order valence-electron chi connectivity index (χ3n) is 7.85. The highest BCUT2D eigenvalue weighted by molar-refractivity contribution is 5.96. The van der Waals surface area contributed by atoms with Crippen molar-refractivity contribution in [2.75, 3.05) is 51.1 Å². The van der Waals surface area contributed by atoms with Gasteiger partial charge in [-0.25, -0.2) is 9.45 Å². The minimum atomic E-state index is -0.458. The molecule has 0 saturated carbocycles. The number of hydrogen-bond acceptors (Lipinski definition) is 7. The van der Waals surface area contributed by atoms with Gasteiger partial charge in [-0.15, -0.1) is 0 Å². The van der Waals surface area contributed by atoms with Crippen LogP contribution in [0.1, 0.15) is 53.9 Å². The van der Waals surface area contributed by atoms with Gasteiger partial charge in [-0.05, 0) is 69.0 Å². The number of hydrogen-bond donors (Lipinski definition) is 2. The number of pyridine rings is 1. The lowest BCUT2D eigenvalue weighted by Gasteiger charge is -2.28. The molecule has 0 saturated heterocycles. The lowest BCUT2D eigenvalue weighted by atomic mass is 9.95. The molecule has 0 aliphatic carbocycles. The van der Waals surface area contributed by atoms with Crippen molar-refractivity contribution in [1.29, 1.82) is 0 Å². The average molecular weight is 559 g/mol. The van der Waals surface area contributed by atoms with Gasteiger partial charge < -0.3 is 16.0 Å². The monoisotopic (exact) mass is 558 g/mol. The van der Waals surface area contributed by atoms with E-state index in [0.29, 0.717) is 24.2 Å². The summed E-state index contributed by atoms with van der Waals surface area (Å²) < 4.78 is 15.1. The molecule has 0 spiro atoms. The number of nitrogens with two attached hydrogens (primary N) is 1. The molecule has 2 aromatic rings. The largest absolute Gasteiger partial charge is 0.398 e. The summed E-state index contributed by atoms with van der Waals surface area (Å²) in [5.74, 6) is -0.730. The zero-order valence-corrected chi connectivity index (χ0v) is 24.5. The number of nitrogen functional groups attached to an aromatic ring is 1. The number of aromatic nitrogens is 1. The fraction of sp³-hybridized carbons (Fsp3) is 0.375. The Labute approximate surface area is 241 Å². The van der Waals surface area contributed by atoms with E-state index < -0.39 is 5.82 Å². The molecule has 0 fully saturated rings. The van der Waals surface area contributed by atoms with Gasteiger partial charge in [0.1, 0.15) is 11.9 Å². The van der Waals surface area contributed by atoms with Crippen LogP contribution in [0.5, 0.6) is 0 Å². The van der Waals surface area contributed by atoms with Crippen molar-refractivity contribution < 1.29 is 14.0 Å². The summed E-state index contributed by atoms with van der Waals surface area (Å²) in [6.07, 6.45) is 11.7. The minimum absolute atomic E-state index is 0.0284. The number of rotatable bonds is 6. The maximum absolute atomic E-state index is 15.1. The van der Waals surface area contributed by atoms with Crippen molar-refractivity contribution in [2.24, 2.45) is 0 Å². The van der Waals surface area contributed by atoms with E-state index in [0.717, 1.165) is 54.3 Å². The summed E-state index contributed by atoms with van der Waals surface area (Å²) in [5.41, 5.74) is 14.6. The number of carbonyl (C=O) groups is 1. The molecular formula is C32H39FN6O2. The molecule has 1 atom stereocenters. The second-order valence-electron chi connectivity index (χ2n) is 11.2. The Morgan fingerprint density at radius 3 is 2.83 bits per heavy atom. The fourth-order valence-corrected chi connectivity index (χ4v) is 5.73. The van der Waals surface area contributed by atoms with Gasteiger partial charge in [-0.1, -0.05) is 17.7 Å². The Balaban J connectivity index is 1.30. The normalized spacial score (nSPS) is 19.6. The third-order valence-corrected chi connectivity index (χ3v) is 7.85. The molecule has 0 radical (unpaired) electrons. The van der Waals surface area contributed by atoms with E-state index in [2.05, 4.69) is 41.2 Å². The molecule has 9 heteroatoms. The molecule has 1 amide bonds. The molecule has 41 heavy (non-hydrogen) atoms. The first-order valence-corrected chi connectivity index (χ1v) is 14.1. The van der Waals surface area contributed by atoms with E-state index in [4.69, 9.17) is 10.6 Å². The second kappa shape index (κ2) is 11.9. The van der Waals surface area contributed by atoms with E-state index in [1.54, 1.807) is 20.2 Å². The van der Waals surface area contributed by atoms with Gasteiger partial charge in [0.15, 0.2) is 0 Å². The zero-order valence-electron chi connectivity index (χ0n) is 24.5. The van der Waals surface area contributed by atoms with Crippen molar-refractivity contribution in [3.05, 3.63) is 87.8 Å². The fourth-order valence-electron chi connectivity index (χ4n) is 5.73. The molecule has 1 aromatic carbocycles. The first-order valence-electron chi connectivity index (χ1n) is 14.1. The smallest absolute Gasteiger partial charge is 0.253 e. The van der Waals surface area contributed by atoms with Crippen molar-refractivity contribution in [1.82, 2.24) is 20.1 Å². The Morgan fingerprint density at radius 2 is 2.12 bits per heavy atom. The Hall–Kier alpha value is -3.95. The average Bonchev–Trinajstić information content (AvgIpc) is 3.35. The van der Waals surface area contributed by atoms with Crippen LogP contribution in [0.3, 0.4) is 0 Å². The van der Waals surface area contributed by atoms with E-state index >= 15 is 4.39 Å². The topological polar surface area (TPSA) is 87.0 Å². The van der Waals surface area contributed by atoms with Crippen LogP contribution in [0.2, 0.25) is 0 Å². The molecule has 4 heterocycles. The minimum Gasteiger partial charge on any atom is -0.398 e. The summed E-state index contributed by atoms with van der Waals surface area (Å²) in [7, 11) is 3.27. The number of halogens is 1. The highest BCUT2D eigenvalue weighted by Gasteiger charge is 2.25. The number of allylic oxidation sites excluding steroid dienone is 1. The van der Waals surface area contributed by atoms with Crippen LogP contribution < -0.4 is 16.1 Å². The first kappa shape index (κ1) is 28.6. The second-order valence-corrected chi connectivity index (χ2v) is 11.2. The first-order chi connectivity index (χ1) is 19.6. The van der Waals surface area contributed by atoms with Gasteiger partial charge >= 0.3 is 0 Å². The number of aryl methyl sites for hydroxylation is 1. The third kappa shape index (κ3) is 6.06. The summed E-state index contributed by atoms with van der Waals surface area (Å²) in [5, 5.41) is 5.30. The summed E-state index contributed by atoms with van der Waals surface area (Å²) in [4.78, 5) is 26.9. The molecule has 3 aliphatic rings. The SMILES string of the molecule is C/C(=C\c1c(N2C=CC3=C(CCN3)C(C)O2)ccnc1C)CN1CC=C(c2c(N)cc(C(=O)N(C)C)cc2F)CC1. The van der Waals surface area contributed by atoms with Crippen LogP contribution in [0.25, 0.3) is 11.6 Å². The molecule has 1 unspecified atom stereocenters. The van der Waals surface area contributed by atoms with Crippen molar-refractivity contribution >= 4 is 28.9 Å². The molecule has 8 nitrogen and oxygen atoms in total. The number of carbonyl (C=O) groups excluding carboxylic acids is 1. The lowest BCUT2D eigenvalue weighted by molar-refractivity contribution is 0.0827. The molecule has 3 aliphatic heterocycles. The highest BCUT2D eigenvalue weighted by atomic mass is 19.1. The summed E-state index contributed by atoms with van der Waals surface area (Å²) in [6, 6.07) is 4.84. The van der Waals surface area contributed by atoms with E-state index in [-0.39, 0.29) is 17.6 Å². The standard InChI is InChI=1S/C32H39FN6O2/c1-20(16-26-21(2)35-12-7-30(26)39-15-10-29-25(6-11-36-29)22(3)41-39)19-38-13-8-23(9-14-38)31-27(33)17-24(18-28(31)34)32(40)37(4)5/h7-8,10,12,15-18,22,36H,6,9,11,13-14,19,34H2,1-5H3/b20-16+. The number of nitrogens with zero attached hydrogens (tertiary/aromatic N) is 4. The van der Waals surface area contributed by atoms with Gasteiger partial charge in [0.05, 0.1) is 5.69 Å².